The third kappa shape index (κ3) is 3.53. The van der Waals surface area contributed by atoms with E-state index in [1.54, 1.807) is 19.5 Å². The number of benzene rings is 1. The molecule has 25 heavy (non-hydrogen) atoms. The highest BCUT2D eigenvalue weighted by Gasteiger charge is 2.28. The summed E-state index contributed by atoms with van der Waals surface area (Å²) in [4.78, 5) is 11.0. The van der Waals surface area contributed by atoms with Crippen molar-refractivity contribution in [3.63, 3.8) is 0 Å². The van der Waals surface area contributed by atoms with Crippen LogP contribution < -0.4 is 4.74 Å². The van der Waals surface area contributed by atoms with Crippen molar-refractivity contribution in [1.29, 1.82) is 0 Å². The molecule has 4 rings (SSSR count). The monoisotopic (exact) mass is 336 g/mol. The lowest BCUT2D eigenvalue weighted by atomic mass is 10.1. The van der Waals surface area contributed by atoms with Crippen LogP contribution in [-0.4, -0.2) is 40.2 Å². The van der Waals surface area contributed by atoms with Gasteiger partial charge in [0.15, 0.2) is 0 Å². The average Bonchev–Trinajstić information content (AvgIpc) is 3.32. The van der Waals surface area contributed by atoms with Crippen LogP contribution in [0.4, 0.5) is 0 Å². The minimum atomic E-state index is 0.286. The molecular weight excluding hydrogens is 316 g/mol. The van der Waals surface area contributed by atoms with E-state index in [2.05, 4.69) is 32.2 Å². The van der Waals surface area contributed by atoms with E-state index >= 15 is 0 Å². The fourth-order valence-corrected chi connectivity index (χ4v) is 3.23. The molecule has 0 N–H and O–H groups in total. The van der Waals surface area contributed by atoms with Crippen LogP contribution in [0.3, 0.4) is 0 Å². The van der Waals surface area contributed by atoms with Crippen LogP contribution >= 0.6 is 0 Å². The van der Waals surface area contributed by atoms with Crippen molar-refractivity contribution in [3.05, 3.63) is 60.2 Å². The maximum atomic E-state index is 5.51. The molecule has 1 atom stereocenters. The van der Waals surface area contributed by atoms with E-state index < -0.39 is 0 Å². The Hall–Kier alpha value is -2.73. The molecule has 2 aromatic heterocycles. The molecule has 0 saturated carbocycles. The van der Waals surface area contributed by atoms with Crippen LogP contribution in [0.5, 0.6) is 5.75 Å². The van der Waals surface area contributed by atoms with E-state index in [0.29, 0.717) is 5.82 Å². The molecule has 1 aliphatic heterocycles. The standard InChI is InChI=1S/C19H20N4O2/c1-24-17-4-2-3-14(11-17)12-23-10-7-16(13-23)19-21-18(22-25-19)15-5-8-20-9-6-15/h2-6,8-9,11,16H,7,10,12-13H2,1H3/t16-/m1/s1. The molecule has 0 aliphatic carbocycles. The summed E-state index contributed by atoms with van der Waals surface area (Å²) >= 11 is 0. The van der Waals surface area contributed by atoms with Gasteiger partial charge in [-0.05, 0) is 42.8 Å². The summed E-state index contributed by atoms with van der Waals surface area (Å²) < 4.78 is 10.8. The van der Waals surface area contributed by atoms with E-state index in [1.807, 2.05) is 24.3 Å². The number of aromatic nitrogens is 3. The van der Waals surface area contributed by atoms with Crippen molar-refractivity contribution >= 4 is 0 Å². The van der Waals surface area contributed by atoms with Gasteiger partial charge in [-0.15, -0.1) is 0 Å². The first-order chi connectivity index (χ1) is 12.3. The molecule has 1 fully saturated rings. The zero-order valence-corrected chi connectivity index (χ0v) is 14.1. The molecule has 1 aromatic carbocycles. The molecule has 6 heteroatoms. The highest BCUT2D eigenvalue weighted by atomic mass is 16.5. The molecular formula is C19H20N4O2. The fraction of sp³-hybridized carbons (Fsp3) is 0.316. The molecule has 3 heterocycles. The van der Waals surface area contributed by atoms with E-state index in [0.717, 1.165) is 43.3 Å². The van der Waals surface area contributed by atoms with Crippen molar-refractivity contribution in [2.24, 2.45) is 0 Å². The Balaban J connectivity index is 1.41. The number of ether oxygens (including phenoxy) is 1. The summed E-state index contributed by atoms with van der Waals surface area (Å²) in [6.07, 6.45) is 4.50. The molecule has 1 aliphatic rings. The second-order valence-electron chi connectivity index (χ2n) is 6.26. The molecule has 0 bridgehead atoms. The van der Waals surface area contributed by atoms with Gasteiger partial charge < -0.3 is 9.26 Å². The number of hydrogen-bond acceptors (Lipinski definition) is 6. The molecule has 0 amide bonds. The number of hydrogen-bond donors (Lipinski definition) is 0. The maximum absolute atomic E-state index is 5.51. The molecule has 3 aromatic rings. The van der Waals surface area contributed by atoms with E-state index in [-0.39, 0.29) is 5.92 Å². The predicted molar refractivity (Wildman–Crippen MR) is 93.2 cm³/mol. The minimum Gasteiger partial charge on any atom is -0.497 e. The maximum Gasteiger partial charge on any atom is 0.231 e. The smallest absolute Gasteiger partial charge is 0.231 e. The van der Waals surface area contributed by atoms with Gasteiger partial charge in [0.1, 0.15) is 5.75 Å². The second-order valence-corrected chi connectivity index (χ2v) is 6.26. The third-order valence-electron chi connectivity index (χ3n) is 4.54. The molecule has 128 valence electrons. The van der Waals surface area contributed by atoms with Gasteiger partial charge in [-0.3, -0.25) is 9.88 Å². The number of nitrogens with zero attached hydrogens (tertiary/aromatic N) is 4. The van der Waals surface area contributed by atoms with E-state index in [1.165, 1.54) is 5.56 Å². The second kappa shape index (κ2) is 7.03. The van der Waals surface area contributed by atoms with Gasteiger partial charge >= 0.3 is 0 Å². The largest absolute Gasteiger partial charge is 0.497 e. The Morgan fingerprint density at radius 2 is 2.12 bits per heavy atom. The van der Waals surface area contributed by atoms with Gasteiger partial charge in [-0.25, -0.2) is 0 Å². The zero-order valence-electron chi connectivity index (χ0n) is 14.1. The Morgan fingerprint density at radius 3 is 2.96 bits per heavy atom. The average molecular weight is 336 g/mol. The van der Waals surface area contributed by atoms with Crippen molar-refractivity contribution < 1.29 is 9.26 Å². The highest BCUT2D eigenvalue weighted by molar-refractivity contribution is 5.52. The summed E-state index contributed by atoms with van der Waals surface area (Å²) in [5.41, 5.74) is 2.18. The Morgan fingerprint density at radius 1 is 1.24 bits per heavy atom. The number of likely N-dealkylation sites (tertiary alicyclic amines) is 1. The lowest BCUT2D eigenvalue weighted by Crippen LogP contribution is -2.19. The van der Waals surface area contributed by atoms with Gasteiger partial charge in [0, 0.05) is 31.0 Å². The summed E-state index contributed by atoms with van der Waals surface area (Å²) in [6.45, 7) is 2.85. The third-order valence-corrected chi connectivity index (χ3v) is 4.54. The highest BCUT2D eigenvalue weighted by Crippen LogP contribution is 2.29. The van der Waals surface area contributed by atoms with Crippen LogP contribution in [0.25, 0.3) is 11.4 Å². The van der Waals surface area contributed by atoms with Gasteiger partial charge in [0.25, 0.3) is 0 Å². The van der Waals surface area contributed by atoms with Crippen molar-refractivity contribution in [2.75, 3.05) is 20.2 Å². The first-order valence-electron chi connectivity index (χ1n) is 8.41. The molecule has 0 spiro atoms. The lowest BCUT2D eigenvalue weighted by molar-refractivity contribution is 0.308. The number of rotatable bonds is 5. The molecule has 0 unspecified atom stereocenters. The first-order valence-corrected chi connectivity index (χ1v) is 8.41. The zero-order chi connectivity index (χ0) is 17.1. The first kappa shape index (κ1) is 15.8. The predicted octanol–water partition coefficient (Wildman–Crippen LogP) is 3.13. The van der Waals surface area contributed by atoms with Crippen LogP contribution in [-0.2, 0) is 6.54 Å². The van der Waals surface area contributed by atoms with Crippen LogP contribution in [0.1, 0.15) is 23.8 Å². The van der Waals surface area contributed by atoms with Crippen LogP contribution in [0.15, 0.2) is 53.3 Å². The fourth-order valence-electron chi connectivity index (χ4n) is 3.23. The summed E-state index contributed by atoms with van der Waals surface area (Å²) in [7, 11) is 1.70. The Kier molecular flexibility index (Phi) is 4.43. The lowest BCUT2D eigenvalue weighted by Gasteiger charge is -2.15. The topological polar surface area (TPSA) is 64.3 Å². The van der Waals surface area contributed by atoms with Gasteiger partial charge in [0.05, 0.1) is 13.0 Å². The van der Waals surface area contributed by atoms with Crippen molar-refractivity contribution in [2.45, 2.75) is 18.9 Å². The van der Waals surface area contributed by atoms with Crippen LogP contribution in [0, 0.1) is 0 Å². The summed E-state index contributed by atoms with van der Waals surface area (Å²) in [6, 6.07) is 12.0. The Labute approximate surface area is 146 Å². The number of pyridine rings is 1. The van der Waals surface area contributed by atoms with Crippen molar-refractivity contribution in [3.8, 4) is 17.1 Å². The van der Waals surface area contributed by atoms with Gasteiger partial charge in [-0.2, -0.15) is 4.98 Å². The van der Waals surface area contributed by atoms with Gasteiger partial charge in [-0.1, -0.05) is 17.3 Å². The Bertz CT molecular complexity index is 834. The van der Waals surface area contributed by atoms with Gasteiger partial charge in [0.2, 0.25) is 11.7 Å². The normalized spacial score (nSPS) is 17.7. The SMILES string of the molecule is COc1cccc(CN2CC[C@@H](c3nc(-c4ccncc4)no3)C2)c1. The van der Waals surface area contributed by atoms with Crippen molar-refractivity contribution in [1.82, 2.24) is 20.0 Å². The molecule has 1 saturated heterocycles. The summed E-state index contributed by atoms with van der Waals surface area (Å²) in [5.74, 6) is 2.53. The quantitative estimate of drug-likeness (QED) is 0.713. The van der Waals surface area contributed by atoms with E-state index in [4.69, 9.17) is 9.26 Å². The van der Waals surface area contributed by atoms with E-state index in [9.17, 15) is 0 Å². The van der Waals surface area contributed by atoms with Crippen LogP contribution in [0.2, 0.25) is 0 Å². The minimum absolute atomic E-state index is 0.286. The summed E-state index contributed by atoms with van der Waals surface area (Å²) in [5, 5.41) is 4.11. The molecule has 6 nitrogen and oxygen atoms in total. The molecule has 0 radical (unpaired) electrons. The number of methoxy groups -OCH3 is 1.